The van der Waals surface area contributed by atoms with Gasteiger partial charge in [-0.15, -0.1) is 0 Å². The largest absolute Gasteiger partial charge is 0.462 e. The number of anilines is 1. The summed E-state index contributed by atoms with van der Waals surface area (Å²) in [4.78, 5) is 22.5. The van der Waals surface area contributed by atoms with E-state index in [0.29, 0.717) is 30.3 Å². The van der Waals surface area contributed by atoms with Crippen LogP contribution in [0.4, 0.5) is 5.69 Å². The summed E-state index contributed by atoms with van der Waals surface area (Å²) in [7, 11) is 0. The number of ether oxygens (including phenoxy) is 2. The predicted molar refractivity (Wildman–Crippen MR) is 94.3 cm³/mol. The number of morpholine rings is 1. The van der Waals surface area contributed by atoms with Crippen LogP contribution < -0.4 is 15.0 Å². The van der Waals surface area contributed by atoms with Gasteiger partial charge < -0.3 is 19.7 Å². The van der Waals surface area contributed by atoms with Crippen molar-refractivity contribution in [3.05, 3.63) is 47.2 Å². The van der Waals surface area contributed by atoms with Gasteiger partial charge in [0, 0.05) is 23.7 Å². The maximum atomic E-state index is 11.9. The lowest BCUT2D eigenvalue weighted by Crippen LogP contribution is -2.36. The van der Waals surface area contributed by atoms with Gasteiger partial charge in [0.25, 0.3) is 5.91 Å². The molecule has 1 N–H and O–H groups in total. The molecule has 0 radical (unpaired) electrons. The molecule has 25 heavy (non-hydrogen) atoms. The Morgan fingerprint density at radius 2 is 1.88 bits per heavy atom. The van der Waals surface area contributed by atoms with E-state index in [1.54, 1.807) is 36.7 Å². The second-order valence-corrected chi connectivity index (χ2v) is 5.87. The fraction of sp³-hybridized carbons (Fsp3) is 0.353. The topological polar surface area (TPSA) is 76.6 Å². The Bertz CT molecular complexity index is 688. The normalized spacial score (nSPS) is 14.2. The van der Waals surface area contributed by atoms with Crippen LogP contribution in [-0.4, -0.2) is 55.3 Å². The summed E-state index contributed by atoms with van der Waals surface area (Å²) in [5, 5.41) is 3.36. The van der Waals surface area contributed by atoms with Crippen molar-refractivity contribution in [1.82, 2.24) is 15.3 Å². The van der Waals surface area contributed by atoms with Crippen molar-refractivity contribution in [3.63, 3.8) is 0 Å². The highest BCUT2D eigenvalue weighted by molar-refractivity contribution is 6.30. The first-order chi connectivity index (χ1) is 12.2. The number of nitrogens with zero attached hydrogens (tertiary/aromatic N) is 3. The van der Waals surface area contributed by atoms with Gasteiger partial charge in [-0.2, -0.15) is 0 Å². The number of halogens is 1. The van der Waals surface area contributed by atoms with E-state index in [2.05, 4.69) is 20.2 Å². The first kappa shape index (κ1) is 17.4. The van der Waals surface area contributed by atoms with Crippen LogP contribution in [0.5, 0.6) is 6.01 Å². The van der Waals surface area contributed by atoms with Gasteiger partial charge in [0.2, 0.25) is 0 Å². The summed E-state index contributed by atoms with van der Waals surface area (Å²) in [6.45, 7) is 3.74. The lowest BCUT2D eigenvalue weighted by atomic mass is 10.2. The molecule has 7 nitrogen and oxygen atoms in total. The lowest BCUT2D eigenvalue weighted by molar-refractivity contribution is 0.0946. The smallest absolute Gasteiger partial charge is 0.316 e. The van der Waals surface area contributed by atoms with Crippen LogP contribution in [0.1, 0.15) is 10.4 Å². The number of amides is 1. The molecule has 1 saturated heterocycles. The van der Waals surface area contributed by atoms with E-state index in [1.807, 2.05) is 0 Å². The summed E-state index contributed by atoms with van der Waals surface area (Å²) < 4.78 is 10.8. The molecule has 1 aromatic heterocycles. The Labute approximate surface area is 150 Å². The fourth-order valence-electron chi connectivity index (χ4n) is 2.38. The molecule has 2 aromatic rings. The molecule has 1 fully saturated rings. The Balaban J connectivity index is 1.41. The molecule has 0 bridgehead atoms. The zero-order valence-electron chi connectivity index (χ0n) is 13.7. The number of hydrogen-bond acceptors (Lipinski definition) is 6. The van der Waals surface area contributed by atoms with Gasteiger partial charge in [0.05, 0.1) is 37.8 Å². The number of benzene rings is 1. The highest BCUT2D eigenvalue weighted by atomic mass is 35.5. The molecule has 132 valence electrons. The van der Waals surface area contributed by atoms with Crippen LogP contribution in [-0.2, 0) is 4.74 Å². The third-order valence-electron chi connectivity index (χ3n) is 3.72. The number of rotatable bonds is 6. The number of carbonyl (C=O) groups is 1. The van der Waals surface area contributed by atoms with Crippen LogP contribution in [0.15, 0.2) is 36.7 Å². The van der Waals surface area contributed by atoms with Gasteiger partial charge in [0.1, 0.15) is 6.61 Å². The van der Waals surface area contributed by atoms with Crippen molar-refractivity contribution < 1.29 is 14.3 Å². The summed E-state index contributed by atoms with van der Waals surface area (Å²) >= 11 is 5.80. The molecule has 3 rings (SSSR count). The van der Waals surface area contributed by atoms with Crippen LogP contribution in [0.25, 0.3) is 0 Å². The first-order valence-corrected chi connectivity index (χ1v) is 8.41. The standard InChI is InChI=1S/C17H19ClN4O3/c18-14-3-1-13(2-4-14)16(23)19-5-8-25-17-20-11-15(12-21-17)22-6-9-24-10-7-22/h1-4,11-12H,5-10H2,(H,19,23). The Morgan fingerprint density at radius 1 is 1.20 bits per heavy atom. The molecule has 1 aromatic carbocycles. The average molecular weight is 363 g/mol. The van der Waals surface area contributed by atoms with Crippen LogP contribution >= 0.6 is 11.6 Å². The molecular formula is C17H19ClN4O3. The van der Waals surface area contributed by atoms with Gasteiger partial charge in [0.15, 0.2) is 0 Å². The van der Waals surface area contributed by atoms with Crippen LogP contribution in [0, 0.1) is 0 Å². The summed E-state index contributed by atoms with van der Waals surface area (Å²) in [5.74, 6) is -0.177. The maximum Gasteiger partial charge on any atom is 0.316 e. The molecule has 1 amide bonds. The van der Waals surface area contributed by atoms with Crippen molar-refractivity contribution >= 4 is 23.2 Å². The average Bonchev–Trinajstić information content (AvgIpc) is 2.67. The van der Waals surface area contributed by atoms with E-state index in [-0.39, 0.29) is 18.5 Å². The van der Waals surface area contributed by atoms with E-state index >= 15 is 0 Å². The molecule has 8 heteroatoms. The molecule has 0 unspecified atom stereocenters. The monoisotopic (exact) mass is 362 g/mol. The van der Waals surface area contributed by atoms with Gasteiger partial charge in [-0.25, -0.2) is 9.97 Å². The van der Waals surface area contributed by atoms with Gasteiger partial charge in [-0.3, -0.25) is 4.79 Å². The van der Waals surface area contributed by atoms with Crippen molar-refractivity contribution in [1.29, 1.82) is 0 Å². The molecule has 1 aliphatic heterocycles. The van der Waals surface area contributed by atoms with E-state index in [9.17, 15) is 4.79 Å². The number of nitrogens with one attached hydrogen (secondary N) is 1. The SMILES string of the molecule is O=C(NCCOc1ncc(N2CCOCC2)cn1)c1ccc(Cl)cc1. The fourth-order valence-corrected chi connectivity index (χ4v) is 2.50. The van der Waals surface area contributed by atoms with Gasteiger partial charge in [-0.1, -0.05) is 11.6 Å². The summed E-state index contributed by atoms with van der Waals surface area (Å²) in [5.41, 5.74) is 1.50. The number of aromatic nitrogens is 2. The summed E-state index contributed by atoms with van der Waals surface area (Å²) in [6, 6.07) is 6.99. The second-order valence-electron chi connectivity index (χ2n) is 5.43. The molecule has 0 saturated carbocycles. The minimum Gasteiger partial charge on any atom is -0.462 e. The quantitative estimate of drug-likeness (QED) is 0.789. The molecular weight excluding hydrogens is 344 g/mol. The van der Waals surface area contributed by atoms with Crippen LogP contribution in [0.2, 0.25) is 5.02 Å². The van der Waals surface area contributed by atoms with E-state index in [1.165, 1.54) is 0 Å². The zero-order valence-corrected chi connectivity index (χ0v) is 14.4. The van der Waals surface area contributed by atoms with Crippen molar-refractivity contribution in [2.45, 2.75) is 0 Å². The van der Waals surface area contributed by atoms with Gasteiger partial charge in [-0.05, 0) is 24.3 Å². The highest BCUT2D eigenvalue weighted by Gasteiger charge is 2.12. The summed E-state index contributed by atoms with van der Waals surface area (Å²) in [6.07, 6.45) is 3.47. The predicted octanol–water partition coefficient (Wildman–Crippen LogP) is 1.78. The molecule has 1 aliphatic rings. The Kier molecular flexibility index (Phi) is 6.03. The molecule has 0 spiro atoms. The van der Waals surface area contributed by atoms with E-state index < -0.39 is 0 Å². The van der Waals surface area contributed by atoms with Crippen molar-refractivity contribution in [3.8, 4) is 6.01 Å². The molecule has 2 heterocycles. The number of hydrogen-bond donors (Lipinski definition) is 1. The van der Waals surface area contributed by atoms with E-state index in [4.69, 9.17) is 21.1 Å². The third kappa shape index (κ3) is 5.04. The lowest BCUT2D eigenvalue weighted by Gasteiger charge is -2.28. The van der Waals surface area contributed by atoms with Crippen molar-refractivity contribution in [2.24, 2.45) is 0 Å². The second kappa shape index (κ2) is 8.64. The van der Waals surface area contributed by atoms with E-state index in [0.717, 1.165) is 18.8 Å². The molecule has 0 aliphatic carbocycles. The first-order valence-electron chi connectivity index (χ1n) is 8.04. The molecule has 0 atom stereocenters. The number of carbonyl (C=O) groups excluding carboxylic acids is 1. The third-order valence-corrected chi connectivity index (χ3v) is 3.97. The zero-order chi connectivity index (χ0) is 17.5. The van der Waals surface area contributed by atoms with Crippen molar-refractivity contribution in [2.75, 3.05) is 44.4 Å². The minimum absolute atomic E-state index is 0.177. The highest BCUT2D eigenvalue weighted by Crippen LogP contribution is 2.14. The Hall–Kier alpha value is -2.38. The van der Waals surface area contributed by atoms with Crippen LogP contribution in [0.3, 0.4) is 0 Å². The Morgan fingerprint density at radius 3 is 2.56 bits per heavy atom. The minimum atomic E-state index is -0.177. The maximum absolute atomic E-state index is 11.9. The van der Waals surface area contributed by atoms with Gasteiger partial charge >= 0.3 is 6.01 Å².